The van der Waals surface area contributed by atoms with Gasteiger partial charge in [0.25, 0.3) is 10.0 Å². The minimum atomic E-state index is -3.75. The lowest BCUT2D eigenvalue weighted by Crippen LogP contribution is -2.13. The Bertz CT molecular complexity index is 703. The Balaban J connectivity index is 2.32. The van der Waals surface area contributed by atoms with E-state index in [2.05, 4.69) is 30.8 Å². The molecule has 2 rings (SSSR count). The average Bonchev–Trinajstić information content (AvgIpc) is 2.75. The van der Waals surface area contributed by atoms with Crippen LogP contribution in [0.4, 0.5) is 5.13 Å². The fourth-order valence-corrected chi connectivity index (χ4v) is 4.25. The molecule has 1 aromatic heterocycles. The van der Waals surface area contributed by atoms with Crippen molar-refractivity contribution in [2.45, 2.75) is 18.2 Å². The lowest BCUT2D eigenvalue weighted by molar-refractivity contribution is 0.601. The normalized spacial score (nSPS) is 11.5. The van der Waals surface area contributed by atoms with Gasteiger partial charge in [0.05, 0.1) is 5.02 Å². The molecule has 2 aromatic rings. The van der Waals surface area contributed by atoms with Gasteiger partial charge in [0.15, 0.2) is 0 Å². The van der Waals surface area contributed by atoms with Crippen molar-refractivity contribution in [3.8, 4) is 0 Å². The third-order valence-electron chi connectivity index (χ3n) is 2.17. The largest absolute Gasteiger partial charge is 0.265 e. The van der Waals surface area contributed by atoms with Gasteiger partial charge in [-0.1, -0.05) is 45.8 Å². The van der Waals surface area contributed by atoms with Crippen molar-refractivity contribution in [2.75, 3.05) is 4.72 Å². The molecule has 9 heteroatoms. The molecule has 0 unspecified atom stereocenters. The molecule has 1 N–H and O–H groups in total. The van der Waals surface area contributed by atoms with E-state index in [9.17, 15) is 8.42 Å². The van der Waals surface area contributed by atoms with E-state index in [1.807, 2.05) is 6.92 Å². The second-order valence-electron chi connectivity index (χ2n) is 3.53. The van der Waals surface area contributed by atoms with Crippen LogP contribution in [0, 0.1) is 0 Å². The van der Waals surface area contributed by atoms with Gasteiger partial charge in [-0.15, -0.1) is 10.2 Å². The molecule has 0 bridgehead atoms. The third-order valence-corrected chi connectivity index (χ3v) is 5.60. The third kappa shape index (κ3) is 3.44. The Labute approximate surface area is 128 Å². The average molecular weight is 383 g/mol. The molecule has 0 aliphatic rings. The summed E-state index contributed by atoms with van der Waals surface area (Å²) < 4.78 is 27.4. The molecule has 5 nitrogen and oxygen atoms in total. The molecule has 0 spiro atoms. The number of nitrogens with zero attached hydrogens (tertiary/aromatic N) is 2. The molecular formula is C10H9BrClN3O2S2. The van der Waals surface area contributed by atoms with Gasteiger partial charge in [-0.2, -0.15) is 0 Å². The smallest absolute Gasteiger partial charge is 0.253 e. The summed E-state index contributed by atoms with van der Waals surface area (Å²) in [7, 11) is -3.75. The molecule has 0 aliphatic heterocycles. The molecule has 102 valence electrons. The molecule has 0 atom stereocenters. The monoisotopic (exact) mass is 381 g/mol. The quantitative estimate of drug-likeness (QED) is 0.880. The molecule has 0 aliphatic carbocycles. The standard InChI is InChI=1S/C10H9BrClN3O2S2/c1-2-9-13-14-10(18-9)15-19(16,17)8-4-3-6(11)5-7(8)12/h3-5H,2H2,1H3,(H,14,15). The van der Waals surface area contributed by atoms with Gasteiger partial charge < -0.3 is 0 Å². The highest BCUT2D eigenvalue weighted by molar-refractivity contribution is 9.10. The zero-order chi connectivity index (χ0) is 14.0. The van der Waals surface area contributed by atoms with Crippen molar-refractivity contribution in [3.05, 3.63) is 32.7 Å². The second-order valence-corrected chi connectivity index (χ2v) is 7.57. The van der Waals surface area contributed by atoms with Crippen LogP contribution in [0.3, 0.4) is 0 Å². The SMILES string of the molecule is CCc1nnc(NS(=O)(=O)c2ccc(Br)cc2Cl)s1. The van der Waals surface area contributed by atoms with Gasteiger partial charge in [-0.3, -0.25) is 4.72 Å². The van der Waals surface area contributed by atoms with Crippen molar-refractivity contribution in [3.63, 3.8) is 0 Å². The van der Waals surface area contributed by atoms with Crippen LogP contribution in [0.15, 0.2) is 27.6 Å². The molecule has 19 heavy (non-hydrogen) atoms. The van der Waals surface area contributed by atoms with Gasteiger partial charge >= 0.3 is 0 Å². The highest BCUT2D eigenvalue weighted by atomic mass is 79.9. The molecule has 0 amide bonds. The van der Waals surface area contributed by atoms with Gasteiger partial charge in [0.2, 0.25) is 5.13 Å². The van der Waals surface area contributed by atoms with Gasteiger partial charge in [-0.05, 0) is 24.6 Å². The van der Waals surface area contributed by atoms with Crippen LogP contribution >= 0.6 is 38.9 Å². The lowest BCUT2D eigenvalue weighted by Gasteiger charge is -2.06. The first-order chi connectivity index (χ1) is 8.92. The zero-order valence-corrected chi connectivity index (χ0v) is 13.7. The van der Waals surface area contributed by atoms with Crippen molar-refractivity contribution in [2.24, 2.45) is 0 Å². The first kappa shape index (κ1) is 14.7. The topological polar surface area (TPSA) is 72.0 Å². The van der Waals surface area contributed by atoms with Crippen molar-refractivity contribution in [1.29, 1.82) is 0 Å². The number of rotatable bonds is 4. The van der Waals surface area contributed by atoms with Crippen LogP contribution in [0.25, 0.3) is 0 Å². The molecule has 0 saturated heterocycles. The molecule has 0 fully saturated rings. The number of aromatic nitrogens is 2. The van der Waals surface area contributed by atoms with Gasteiger partial charge in [0.1, 0.15) is 9.90 Å². The number of sulfonamides is 1. The molecule has 1 aromatic carbocycles. The highest BCUT2D eigenvalue weighted by Gasteiger charge is 2.20. The molecule has 1 heterocycles. The highest BCUT2D eigenvalue weighted by Crippen LogP contribution is 2.27. The van der Waals surface area contributed by atoms with Crippen molar-refractivity contribution in [1.82, 2.24) is 10.2 Å². The summed E-state index contributed by atoms with van der Waals surface area (Å²) in [4.78, 5) is 0.00520. The van der Waals surface area contributed by atoms with Crippen LogP contribution in [0.5, 0.6) is 0 Å². The van der Waals surface area contributed by atoms with Gasteiger partial charge in [-0.25, -0.2) is 8.42 Å². The van der Waals surface area contributed by atoms with E-state index in [0.717, 1.165) is 5.01 Å². The van der Waals surface area contributed by atoms with E-state index in [4.69, 9.17) is 11.6 Å². The Hall–Kier alpha value is -0.700. The Morgan fingerprint density at radius 3 is 2.74 bits per heavy atom. The number of hydrogen-bond acceptors (Lipinski definition) is 5. The van der Waals surface area contributed by atoms with Crippen LogP contribution < -0.4 is 4.72 Å². The first-order valence-electron chi connectivity index (χ1n) is 5.22. The van der Waals surface area contributed by atoms with E-state index < -0.39 is 10.0 Å². The summed E-state index contributed by atoms with van der Waals surface area (Å²) in [5, 5.41) is 8.76. The van der Waals surface area contributed by atoms with Crippen LogP contribution in [-0.2, 0) is 16.4 Å². The van der Waals surface area contributed by atoms with Crippen LogP contribution in [0.2, 0.25) is 5.02 Å². The number of anilines is 1. The molecule has 0 radical (unpaired) electrons. The van der Waals surface area contributed by atoms with Gasteiger partial charge in [0, 0.05) is 4.47 Å². The molecule has 0 saturated carbocycles. The predicted octanol–water partition coefficient (Wildman–Crippen LogP) is 3.32. The van der Waals surface area contributed by atoms with Crippen LogP contribution in [0.1, 0.15) is 11.9 Å². The Kier molecular flexibility index (Phi) is 4.44. The van der Waals surface area contributed by atoms with E-state index in [1.54, 1.807) is 6.07 Å². The lowest BCUT2D eigenvalue weighted by atomic mass is 10.4. The van der Waals surface area contributed by atoms with Crippen LogP contribution in [-0.4, -0.2) is 18.6 Å². The molecular weight excluding hydrogens is 374 g/mol. The summed E-state index contributed by atoms with van der Waals surface area (Å²) in [5.41, 5.74) is 0. The summed E-state index contributed by atoms with van der Waals surface area (Å²) in [5.74, 6) is 0. The summed E-state index contributed by atoms with van der Waals surface area (Å²) in [6.07, 6.45) is 0.707. The first-order valence-corrected chi connectivity index (χ1v) is 8.69. The van der Waals surface area contributed by atoms with Crippen molar-refractivity contribution < 1.29 is 8.42 Å². The van der Waals surface area contributed by atoms with Crippen molar-refractivity contribution >= 4 is 54.0 Å². The van der Waals surface area contributed by atoms with E-state index in [0.29, 0.717) is 10.9 Å². The zero-order valence-electron chi connectivity index (χ0n) is 9.72. The maximum atomic E-state index is 12.2. The summed E-state index contributed by atoms with van der Waals surface area (Å²) in [6.45, 7) is 1.92. The van der Waals surface area contributed by atoms with E-state index in [1.165, 1.54) is 23.5 Å². The fraction of sp³-hybridized carbons (Fsp3) is 0.200. The fourth-order valence-electron chi connectivity index (χ4n) is 1.30. The minimum absolute atomic E-state index is 0.00520. The second kappa shape index (κ2) is 5.74. The Morgan fingerprint density at radius 2 is 2.16 bits per heavy atom. The van der Waals surface area contributed by atoms with E-state index >= 15 is 0 Å². The number of halogens is 2. The number of benzene rings is 1. The maximum Gasteiger partial charge on any atom is 0.265 e. The number of aryl methyl sites for hydroxylation is 1. The predicted molar refractivity (Wildman–Crippen MR) is 79.2 cm³/mol. The Morgan fingerprint density at radius 1 is 1.42 bits per heavy atom. The maximum absolute atomic E-state index is 12.2. The number of hydrogen-bond donors (Lipinski definition) is 1. The van der Waals surface area contributed by atoms with E-state index in [-0.39, 0.29) is 15.0 Å². The summed E-state index contributed by atoms with van der Waals surface area (Å²) >= 11 is 10.4. The number of nitrogens with one attached hydrogen (secondary N) is 1. The summed E-state index contributed by atoms with van der Waals surface area (Å²) in [6, 6.07) is 4.56. The minimum Gasteiger partial charge on any atom is -0.253 e.